The van der Waals surface area contributed by atoms with Crippen molar-refractivity contribution in [1.29, 1.82) is 0 Å². The van der Waals surface area contributed by atoms with E-state index in [-0.39, 0.29) is 24.8 Å². The molecule has 0 fully saturated rings. The standard InChI is InChI=1S/C10H14BrNO4/c1-12(5-7(13)6-15-2)10(14)8-3-4-9(11)16-8/h3-4,7,13H,5-6H2,1-2H3. The Morgan fingerprint density at radius 2 is 2.38 bits per heavy atom. The Kier molecular flexibility index (Phi) is 4.98. The Bertz CT molecular complexity index is 352. The molecule has 6 heteroatoms. The van der Waals surface area contributed by atoms with Crippen LogP contribution in [0.4, 0.5) is 0 Å². The molecule has 0 spiro atoms. The first-order valence-corrected chi connectivity index (χ1v) is 5.51. The topological polar surface area (TPSA) is 62.9 Å². The normalized spacial score (nSPS) is 12.5. The Morgan fingerprint density at radius 1 is 1.69 bits per heavy atom. The molecule has 0 saturated heterocycles. The van der Waals surface area contributed by atoms with Gasteiger partial charge in [-0.2, -0.15) is 0 Å². The largest absolute Gasteiger partial charge is 0.444 e. The van der Waals surface area contributed by atoms with Crippen LogP contribution in [-0.4, -0.2) is 49.3 Å². The zero-order valence-corrected chi connectivity index (χ0v) is 10.7. The summed E-state index contributed by atoms with van der Waals surface area (Å²) < 4.78 is 10.4. The number of hydrogen-bond donors (Lipinski definition) is 1. The van der Waals surface area contributed by atoms with Gasteiger partial charge in [-0.3, -0.25) is 4.79 Å². The molecule has 0 aliphatic carbocycles. The van der Waals surface area contributed by atoms with Gasteiger partial charge in [0.2, 0.25) is 0 Å². The molecule has 1 unspecified atom stereocenters. The monoisotopic (exact) mass is 291 g/mol. The van der Waals surface area contributed by atoms with E-state index in [9.17, 15) is 9.90 Å². The van der Waals surface area contributed by atoms with Crippen molar-refractivity contribution in [2.75, 3.05) is 27.3 Å². The van der Waals surface area contributed by atoms with Gasteiger partial charge in [0, 0.05) is 20.7 Å². The first-order valence-electron chi connectivity index (χ1n) is 4.72. The van der Waals surface area contributed by atoms with E-state index in [0.29, 0.717) is 4.67 Å². The smallest absolute Gasteiger partial charge is 0.289 e. The Hall–Kier alpha value is -0.850. The predicted octanol–water partition coefficient (Wildman–Crippen LogP) is 1.12. The number of ether oxygens (including phenoxy) is 1. The highest BCUT2D eigenvalue weighted by molar-refractivity contribution is 9.10. The van der Waals surface area contributed by atoms with E-state index in [1.54, 1.807) is 19.2 Å². The molecule has 90 valence electrons. The molecule has 1 rings (SSSR count). The van der Waals surface area contributed by atoms with Crippen molar-refractivity contribution >= 4 is 21.8 Å². The van der Waals surface area contributed by atoms with Gasteiger partial charge in [-0.05, 0) is 28.1 Å². The number of aliphatic hydroxyl groups is 1. The second-order valence-electron chi connectivity index (χ2n) is 3.40. The number of methoxy groups -OCH3 is 1. The molecule has 1 N–H and O–H groups in total. The summed E-state index contributed by atoms with van der Waals surface area (Å²) >= 11 is 3.12. The summed E-state index contributed by atoms with van der Waals surface area (Å²) in [6.45, 7) is 0.393. The van der Waals surface area contributed by atoms with E-state index in [1.165, 1.54) is 12.0 Å². The Morgan fingerprint density at radius 3 is 2.88 bits per heavy atom. The van der Waals surface area contributed by atoms with Gasteiger partial charge < -0.3 is 19.2 Å². The summed E-state index contributed by atoms with van der Waals surface area (Å²) in [7, 11) is 3.09. The van der Waals surface area contributed by atoms with Crippen LogP contribution in [0.2, 0.25) is 0 Å². The number of nitrogens with zero attached hydrogens (tertiary/aromatic N) is 1. The summed E-state index contributed by atoms with van der Waals surface area (Å²) in [5, 5.41) is 9.46. The molecule has 0 aromatic carbocycles. The van der Waals surface area contributed by atoms with E-state index in [1.807, 2.05) is 0 Å². The lowest BCUT2D eigenvalue weighted by Gasteiger charge is -2.19. The van der Waals surface area contributed by atoms with Gasteiger partial charge in [0.15, 0.2) is 10.4 Å². The molecular formula is C10H14BrNO4. The van der Waals surface area contributed by atoms with Crippen molar-refractivity contribution in [3.8, 4) is 0 Å². The van der Waals surface area contributed by atoms with Crippen LogP contribution in [0.3, 0.4) is 0 Å². The fraction of sp³-hybridized carbons (Fsp3) is 0.500. The van der Waals surface area contributed by atoms with Crippen LogP contribution in [-0.2, 0) is 4.74 Å². The second kappa shape index (κ2) is 6.03. The molecule has 1 aromatic heterocycles. The predicted molar refractivity (Wildman–Crippen MR) is 61.3 cm³/mol. The molecule has 1 atom stereocenters. The van der Waals surface area contributed by atoms with Gasteiger partial charge in [-0.15, -0.1) is 0 Å². The molecule has 0 radical (unpaired) electrons. The first-order chi connectivity index (χ1) is 7.54. The molecule has 1 heterocycles. The maximum atomic E-state index is 11.8. The van der Waals surface area contributed by atoms with Crippen molar-refractivity contribution in [2.24, 2.45) is 0 Å². The number of furan rings is 1. The van der Waals surface area contributed by atoms with Crippen LogP contribution < -0.4 is 0 Å². The maximum absolute atomic E-state index is 11.8. The van der Waals surface area contributed by atoms with Gasteiger partial charge in [0.1, 0.15) is 0 Å². The summed E-state index contributed by atoms with van der Waals surface area (Å²) in [5.74, 6) is -0.0418. The number of carbonyl (C=O) groups excluding carboxylic acids is 1. The number of hydrogen-bond acceptors (Lipinski definition) is 4. The third-order valence-electron chi connectivity index (χ3n) is 1.97. The van der Waals surface area contributed by atoms with Crippen LogP contribution in [0.5, 0.6) is 0 Å². The van der Waals surface area contributed by atoms with Gasteiger partial charge in [0.05, 0.1) is 12.7 Å². The van der Waals surface area contributed by atoms with E-state index in [0.717, 1.165) is 0 Å². The Balaban J connectivity index is 2.54. The lowest BCUT2D eigenvalue weighted by atomic mass is 10.3. The zero-order valence-electron chi connectivity index (χ0n) is 9.14. The highest BCUT2D eigenvalue weighted by Gasteiger charge is 2.18. The minimum absolute atomic E-state index is 0.194. The van der Waals surface area contributed by atoms with E-state index < -0.39 is 6.10 Å². The van der Waals surface area contributed by atoms with E-state index in [4.69, 9.17) is 9.15 Å². The SMILES string of the molecule is COCC(O)CN(C)C(=O)c1ccc(Br)o1. The van der Waals surface area contributed by atoms with Crippen LogP contribution in [0.25, 0.3) is 0 Å². The number of likely N-dealkylation sites (N-methyl/N-ethyl adjacent to an activating group) is 1. The van der Waals surface area contributed by atoms with E-state index >= 15 is 0 Å². The highest BCUT2D eigenvalue weighted by atomic mass is 79.9. The molecule has 1 aromatic rings. The molecule has 0 aliphatic rings. The molecular weight excluding hydrogens is 278 g/mol. The summed E-state index contributed by atoms with van der Waals surface area (Å²) in [5.41, 5.74) is 0. The summed E-state index contributed by atoms with van der Waals surface area (Å²) in [4.78, 5) is 13.1. The van der Waals surface area contributed by atoms with Crippen molar-refractivity contribution < 1.29 is 19.1 Å². The number of carbonyl (C=O) groups is 1. The van der Waals surface area contributed by atoms with Gasteiger partial charge in [0.25, 0.3) is 5.91 Å². The molecule has 0 aliphatic heterocycles. The molecule has 5 nitrogen and oxygen atoms in total. The molecule has 0 saturated carbocycles. The highest BCUT2D eigenvalue weighted by Crippen LogP contribution is 2.15. The average molecular weight is 292 g/mol. The van der Waals surface area contributed by atoms with Crippen LogP contribution in [0, 0.1) is 0 Å². The number of aliphatic hydroxyl groups excluding tert-OH is 1. The second-order valence-corrected chi connectivity index (χ2v) is 4.18. The maximum Gasteiger partial charge on any atom is 0.289 e. The molecule has 16 heavy (non-hydrogen) atoms. The zero-order chi connectivity index (χ0) is 12.1. The lowest BCUT2D eigenvalue weighted by molar-refractivity contribution is 0.0367. The number of amides is 1. The quantitative estimate of drug-likeness (QED) is 0.883. The van der Waals surface area contributed by atoms with Crippen LogP contribution in [0.15, 0.2) is 21.2 Å². The fourth-order valence-electron chi connectivity index (χ4n) is 1.26. The third kappa shape index (κ3) is 3.62. The minimum atomic E-state index is -0.697. The van der Waals surface area contributed by atoms with Gasteiger partial charge in [-0.25, -0.2) is 0 Å². The van der Waals surface area contributed by atoms with E-state index in [2.05, 4.69) is 15.9 Å². The minimum Gasteiger partial charge on any atom is -0.444 e. The number of rotatable bonds is 5. The molecule has 1 amide bonds. The van der Waals surface area contributed by atoms with Crippen LogP contribution >= 0.6 is 15.9 Å². The van der Waals surface area contributed by atoms with Gasteiger partial charge in [-0.1, -0.05) is 0 Å². The summed E-state index contributed by atoms with van der Waals surface area (Å²) in [6.07, 6.45) is -0.697. The Labute approximate surface area is 102 Å². The lowest BCUT2D eigenvalue weighted by Crippen LogP contribution is -2.36. The summed E-state index contributed by atoms with van der Waals surface area (Å²) in [6, 6.07) is 3.22. The molecule has 0 bridgehead atoms. The third-order valence-corrected chi connectivity index (χ3v) is 2.40. The van der Waals surface area contributed by atoms with Crippen molar-refractivity contribution in [3.05, 3.63) is 22.6 Å². The first kappa shape index (κ1) is 13.2. The van der Waals surface area contributed by atoms with Gasteiger partial charge >= 0.3 is 0 Å². The van der Waals surface area contributed by atoms with Crippen LogP contribution in [0.1, 0.15) is 10.6 Å². The fourth-order valence-corrected chi connectivity index (χ4v) is 1.57. The van der Waals surface area contributed by atoms with Crippen molar-refractivity contribution in [3.63, 3.8) is 0 Å². The average Bonchev–Trinajstić information content (AvgIpc) is 2.64. The number of halogens is 1. The van der Waals surface area contributed by atoms with Crippen molar-refractivity contribution in [1.82, 2.24) is 4.90 Å². The van der Waals surface area contributed by atoms with Crippen molar-refractivity contribution in [2.45, 2.75) is 6.10 Å².